The lowest BCUT2D eigenvalue weighted by atomic mass is 9.94. The minimum atomic E-state index is -0.789. The highest BCUT2D eigenvalue weighted by Gasteiger charge is 2.55. The van der Waals surface area contributed by atoms with Crippen molar-refractivity contribution in [2.45, 2.75) is 106 Å². The van der Waals surface area contributed by atoms with Crippen LogP contribution in [-0.2, 0) is 23.7 Å². The first-order chi connectivity index (χ1) is 11.5. The molecule has 0 aromatic rings. The van der Waals surface area contributed by atoms with Crippen molar-refractivity contribution in [2.24, 2.45) is 5.41 Å². The van der Waals surface area contributed by atoms with Crippen LogP contribution in [0.4, 0.5) is 0 Å². The minimum absolute atomic E-state index is 0.162. The van der Waals surface area contributed by atoms with E-state index in [4.69, 9.17) is 18.9 Å². The molecule has 0 aromatic heterocycles. The van der Waals surface area contributed by atoms with E-state index in [2.05, 4.69) is 0 Å². The zero-order valence-electron chi connectivity index (χ0n) is 17.6. The van der Waals surface area contributed by atoms with Gasteiger partial charge in [0, 0.05) is 0 Å². The minimum Gasteiger partial charge on any atom is -0.456 e. The van der Waals surface area contributed by atoms with Gasteiger partial charge in [0.15, 0.2) is 11.9 Å². The summed E-state index contributed by atoms with van der Waals surface area (Å²) in [6.07, 6.45) is -2.28. The highest BCUT2D eigenvalue weighted by molar-refractivity contribution is 5.75. The lowest BCUT2D eigenvalue weighted by Gasteiger charge is -2.40. The van der Waals surface area contributed by atoms with Gasteiger partial charge in [-0.05, 0) is 41.5 Å². The van der Waals surface area contributed by atoms with E-state index in [-0.39, 0.29) is 18.7 Å². The molecule has 0 radical (unpaired) electrons. The van der Waals surface area contributed by atoms with Gasteiger partial charge in [0.2, 0.25) is 0 Å². The zero-order valence-corrected chi connectivity index (χ0v) is 17.6. The Labute approximate surface area is 153 Å². The van der Waals surface area contributed by atoms with Gasteiger partial charge in [-0.25, -0.2) is 0 Å². The summed E-state index contributed by atoms with van der Waals surface area (Å²) >= 11 is 0. The van der Waals surface area contributed by atoms with Crippen LogP contribution >= 0.6 is 0 Å². The van der Waals surface area contributed by atoms with Crippen LogP contribution in [0.5, 0.6) is 0 Å². The van der Waals surface area contributed by atoms with E-state index in [9.17, 15) is 9.90 Å². The molecule has 2 fully saturated rings. The van der Waals surface area contributed by atoms with Gasteiger partial charge in [0.1, 0.15) is 18.3 Å². The van der Waals surface area contributed by atoms with Crippen LogP contribution < -0.4 is 0 Å². The Morgan fingerprint density at radius 3 is 2.00 bits per heavy atom. The van der Waals surface area contributed by atoms with Crippen molar-refractivity contribution in [2.75, 3.05) is 6.61 Å². The second-order valence-electron chi connectivity index (χ2n) is 7.25. The number of carbonyl (C=O) groups excluding carboxylic acids is 1. The van der Waals surface area contributed by atoms with E-state index < -0.39 is 35.6 Å². The highest BCUT2D eigenvalue weighted by Crippen LogP contribution is 2.39. The largest absolute Gasteiger partial charge is 0.456 e. The molecule has 2 aliphatic heterocycles. The number of esters is 1. The molecule has 0 aromatic carbocycles. The van der Waals surface area contributed by atoms with Gasteiger partial charge < -0.3 is 24.1 Å². The number of hydrogen-bond acceptors (Lipinski definition) is 6. The Hall–Kier alpha value is -0.690. The van der Waals surface area contributed by atoms with Gasteiger partial charge >= 0.3 is 5.97 Å². The molecule has 2 heterocycles. The fraction of sp³-hybridized carbons (Fsp3) is 0.947. The molecule has 6 nitrogen and oxygen atoms in total. The summed E-state index contributed by atoms with van der Waals surface area (Å²) in [6, 6.07) is 0. The van der Waals surface area contributed by atoms with E-state index in [1.807, 2.05) is 34.6 Å². The summed E-state index contributed by atoms with van der Waals surface area (Å²) in [5.74, 6) is -1.10. The van der Waals surface area contributed by atoms with Crippen LogP contribution in [0, 0.1) is 5.41 Å². The van der Waals surface area contributed by atoms with Gasteiger partial charge in [0.25, 0.3) is 0 Å². The molecule has 0 amide bonds. The normalized spacial score (nSPS) is 33.2. The van der Waals surface area contributed by atoms with E-state index in [1.165, 1.54) is 0 Å². The number of hydrogen-bond donors (Lipinski definition) is 1. The summed E-state index contributed by atoms with van der Waals surface area (Å²) in [5, 5.41) is 9.46. The third-order valence-electron chi connectivity index (χ3n) is 3.74. The molecule has 0 bridgehead atoms. The molecular formula is C19H38O6. The van der Waals surface area contributed by atoms with Gasteiger partial charge in [-0.3, -0.25) is 4.79 Å². The molecule has 150 valence electrons. The summed E-state index contributed by atoms with van der Waals surface area (Å²) in [7, 11) is 0. The first-order valence-corrected chi connectivity index (χ1v) is 9.38. The average Bonchev–Trinajstić information content (AvgIpc) is 2.88. The van der Waals surface area contributed by atoms with Gasteiger partial charge in [-0.1, -0.05) is 27.7 Å². The molecular weight excluding hydrogens is 324 g/mol. The molecule has 2 aliphatic rings. The number of ether oxygens (including phenoxy) is 4. The van der Waals surface area contributed by atoms with Crippen molar-refractivity contribution < 1.29 is 28.8 Å². The Balaban J connectivity index is 0.00000134. The predicted molar refractivity (Wildman–Crippen MR) is 97.3 cm³/mol. The van der Waals surface area contributed by atoms with Crippen molar-refractivity contribution in [1.29, 1.82) is 0 Å². The maximum Gasteiger partial charge on any atom is 0.311 e. The molecule has 0 saturated carbocycles. The van der Waals surface area contributed by atoms with E-state index in [1.54, 1.807) is 34.6 Å². The average molecular weight is 363 g/mol. The quantitative estimate of drug-likeness (QED) is 0.760. The van der Waals surface area contributed by atoms with Crippen molar-refractivity contribution in [3.05, 3.63) is 0 Å². The van der Waals surface area contributed by atoms with Gasteiger partial charge in [-0.2, -0.15) is 0 Å². The number of carbonyl (C=O) groups is 1. The van der Waals surface area contributed by atoms with E-state index in [0.717, 1.165) is 0 Å². The lowest BCUT2D eigenvalue weighted by Crippen LogP contribution is -2.58. The van der Waals surface area contributed by atoms with Crippen LogP contribution in [0.25, 0.3) is 0 Å². The summed E-state index contributed by atoms with van der Waals surface area (Å²) in [6.45, 7) is 18.6. The predicted octanol–water partition coefficient (Wildman–Crippen LogP) is 3.30. The highest BCUT2D eigenvalue weighted by atomic mass is 16.8. The van der Waals surface area contributed by atoms with Crippen molar-refractivity contribution in [1.82, 2.24) is 0 Å². The molecule has 5 atom stereocenters. The molecule has 6 heteroatoms. The Kier molecular flexibility index (Phi) is 9.58. The Morgan fingerprint density at radius 2 is 1.56 bits per heavy atom. The summed E-state index contributed by atoms with van der Waals surface area (Å²) in [4.78, 5) is 12.2. The summed E-state index contributed by atoms with van der Waals surface area (Å²) in [5.41, 5.74) is -0.599. The van der Waals surface area contributed by atoms with E-state index in [0.29, 0.717) is 0 Å². The third kappa shape index (κ3) is 6.20. The number of aliphatic hydroxyl groups excluding tert-OH is 1. The molecule has 1 N–H and O–H groups in total. The van der Waals surface area contributed by atoms with Crippen molar-refractivity contribution in [3.8, 4) is 0 Å². The molecule has 2 rings (SSSR count). The molecule has 0 spiro atoms. The van der Waals surface area contributed by atoms with Crippen LogP contribution in [0.2, 0.25) is 0 Å². The zero-order chi connectivity index (χ0) is 20.0. The smallest absolute Gasteiger partial charge is 0.311 e. The van der Waals surface area contributed by atoms with Crippen LogP contribution in [0.3, 0.4) is 0 Å². The second-order valence-corrected chi connectivity index (χ2v) is 7.25. The SMILES string of the molecule is CC.CC.CC1OC(CO)C2OC(C)(C)OC2C1OC(=O)C(C)(C)C. The number of fused-ring (bicyclic) bond motifs is 1. The molecule has 0 aliphatic carbocycles. The fourth-order valence-corrected chi connectivity index (χ4v) is 2.67. The molecule has 25 heavy (non-hydrogen) atoms. The lowest BCUT2D eigenvalue weighted by molar-refractivity contribution is -0.213. The maximum atomic E-state index is 12.2. The first kappa shape index (κ1) is 24.3. The third-order valence-corrected chi connectivity index (χ3v) is 3.74. The van der Waals surface area contributed by atoms with Crippen LogP contribution in [0.1, 0.15) is 69.2 Å². The first-order valence-electron chi connectivity index (χ1n) is 9.38. The monoisotopic (exact) mass is 362 g/mol. The van der Waals surface area contributed by atoms with Gasteiger partial charge in [0.05, 0.1) is 18.1 Å². The number of rotatable bonds is 2. The van der Waals surface area contributed by atoms with Gasteiger partial charge in [-0.15, -0.1) is 0 Å². The van der Waals surface area contributed by atoms with E-state index >= 15 is 0 Å². The topological polar surface area (TPSA) is 74.2 Å². The maximum absolute atomic E-state index is 12.2. The number of aliphatic hydroxyl groups is 1. The molecule has 5 unspecified atom stereocenters. The van der Waals surface area contributed by atoms with Crippen LogP contribution in [-0.4, -0.2) is 54.0 Å². The Morgan fingerprint density at radius 1 is 1.08 bits per heavy atom. The standard InChI is InChI=1S/C15H26O6.2C2H6/c1-8-10(19-13(17)14(2,3)4)12-11(9(7-16)18-8)20-15(5,6)21-12;2*1-2/h8-12,16H,7H2,1-6H3;2*1-2H3. The molecule has 2 saturated heterocycles. The van der Waals surface area contributed by atoms with Crippen molar-refractivity contribution in [3.63, 3.8) is 0 Å². The second kappa shape index (κ2) is 9.86. The van der Waals surface area contributed by atoms with Crippen molar-refractivity contribution >= 4 is 5.97 Å². The van der Waals surface area contributed by atoms with Crippen LogP contribution in [0.15, 0.2) is 0 Å². The fourth-order valence-electron chi connectivity index (χ4n) is 2.67. The Bertz CT molecular complexity index is 401. The summed E-state index contributed by atoms with van der Waals surface area (Å²) < 4.78 is 23.0.